The monoisotopic (exact) mass is 243 g/mol. The van der Waals surface area contributed by atoms with Gasteiger partial charge in [-0.05, 0) is 23.9 Å². The summed E-state index contributed by atoms with van der Waals surface area (Å²) in [7, 11) is 0. The Morgan fingerprint density at radius 1 is 1.50 bits per heavy atom. The Morgan fingerprint density at radius 3 is 2.62 bits per heavy atom. The first kappa shape index (κ1) is 12.5. The van der Waals surface area contributed by atoms with Crippen LogP contribution in [0.15, 0.2) is 11.4 Å². The average molecular weight is 243 g/mol. The highest BCUT2D eigenvalue weighted by Gasteiger charge is 2.20. The molecule has 0 radical (unpaired) electrons. The number of carboxylic acid groups (broad SMARTS) is 2. The van der Waals surface area contributed by atoms with Crippen molar-refractivity contribution in [3.8, 4) is 0 Å². The average Bonchev–Trinajstić information content (AvgIpc) is 2.57. The number of nitrogens with one attached hydrogen (secondary N) is 1. The summed E-state index contributed by atoms with van der Waals surface area (Å²) in [6.45, 7) is 2.04. The normalized spacial score (nSPS) is 12.1. The number of anilines is 1. The molecule has 0 aliphatic rings. The Morgan fingerprint density at radius 2 is 2.19 bits per heavy atom. The lowest BCUT2D eigenvalue weighted by Gasteiger charge is -2.11. The SMILES string of the molecule is Cc1ccsc1NCC(CC(=O)O)C(=O)O. The molecule has 1 aromatic rings. The predicted molar refractivity (Wildman–Crippen MR) is 60.9 cm³/mol. The largest absolute Gasteiger partial charge is 0.481 e. The highest BCUT2D eigenvalue weighted by molar-refractivity contribution is 7.14. The molecule has 1 heterocycles. The van der Waals surface area contributed by atoms with Crippen molar-refractivity contribution in [1.82, 2.24) is 0 Å². The number of aliphatic carboxylic acids is 2. The van der Waals surface area contributed by atoms with Gasteiger partial charge in [0.25, 0.3) is 0 Å². The van der Waals surface area contributed by atoms with Crippen LogP contribution in [-0.4, -0.2) is 28.7 Å². The molecular formula is C10H13NO4S. The summed E-state index contributed by atoms with van der Waals surface area (Å²) < 4.78 is 0. The molecule has 0 spiro atoms. The lowest BCUT2D eigenvalue weighted by molar-refractivity contribution is -0.147. The molecule has 5 nitrogen and oxygen atoms in total. The highest BCUT2D eigenvalue weighted by Crippen LogP contribution is 2.22. The number of aryl methyl sites for hydroxylation is 1. The topological polar surface area (TPSA) is 86.6 Å². The molecule has 1 atom stereocenters. The van der Waals surface area contributed by atoms with Crippen LogP contribution in [0.1, 0.15) is 12.0 Å². The first-order chi connectivity index (χ1) is 7.50. The fourth-order valence-corrected chi connectivity index (χ4v) is 2.06. The second-order valence-electron chi connectivity index (χ2n) is 3.45. The van der Waals surface area contributed by atoms with Crippen LogP contribution in [0.3, 0.4) is 0 Å². The molecule has 6 heteroatoms. The number of hydrogen-bond acceptors (Lipinski definition) is 4. The second kappa shape index (κ2) is 5.50. The van der Waals surface area contributed by atoms with Crippen LogP contribution in [0.4, 0.5) is 5.00 Å². The van der Waals surface area contributed by atoms with Gasteiger partial charge in [-0.1, -0.05) is 0 Å². The number of carboxylic acids is 2. The van der Waals surface area contributed by atoms with Crippen LogP contribution in [0.5, 0.6) is 0 Å². The summed E-state index contributed by atoms with van der Waals surface area (Å²) in [5.41, 5.74) is 1.03. The van der Waals surface area contributed by atoms with E-state index in [1.807, 2.05) is 18.4 Å². The minimum atomic E-state index is -1.10. The molecule has 16 heavy (non-hydrogen) atoms. The number of hydrogen-bond donors (Lipinski definition) is 3. The minimum absolute atomic E-state index is 0.128. The van der Waals surface area contributed by atoms with Crippen molar-refractivity contribution in [2.45, 2.75) is 13.3 Å². The molecule has 0 aliphatic heterocycles. The predicted octanol–water partition coefficient (Wildman–Crippen LogP) is 1.64. The highest BCUT2D eigenvalue weighted by atomic mass is 32.1. The second-order valence-corrected chi connectivity index (χ2v) is 4.36. The molecule has 0 fully saturated rings. The van der Waals surface area contributed by atoms with Crippen LogP contribution in [0, 0.1) is 12.8 Å². The van der Waals surface area contributed by atoms with Crippen LogP contribution in [0.25, 0.3) is 0 Å². The summed E-state index contributed by atoms with van der Waals surface area (Å²) in [5.74, 6) is -3.10. The van der Waals surface area contributed by atoms with Crippen molar-refractivity contribution in [1.29, 1.82) is 0 Å². The maximum absolute atomic E-state index is 10.8. The Labute approximate surface area is 96.7 Å². The van der Waals surface area contributed by atoms with Crippen molar-refractivity contribution in [2.75, 3.05) is 11.9 Å². The molecule has 0 amide bonds. The third-order valence-corrected chi connectivity index (χ3v) is 3.12. The van der Waals surface area contributed by atoms with Crippen molar-refractivity contribution in [3.63, 3.8) is 0 Å². The molecule has 0 aliphatic carbocycles. The number of rotatable bonds is 6. The zero-order valence-corrected chi connectivity index (χ0v) is 9.58. The quantitative estimate of drug-likeness (QED) is 0.707. The molecule has 88 valence electrons. The summed E-state index contributed by atoms with van der Waals surface area (Å²) >= 11 is 1.47. The standard InChI is InChI=1S/C10H13NO4S/c1-6-2-3-16-9(6)11-5-7(10(14)15)4-8(12)13/h2-3,7,11H,4-5H2,1H3,(H,12,13)(H,14,15). The molecule has 1 aromatic heterocycles. The Hall–Kier alpha value is -1.56. The molecule has 0 saturated carbocycles. The lowest BCUT2D eigenvalue weighted by Crippen LogP contribution is -2.25. The molecular weight excluding hydrogens is 230 g/mol. The molecule has 0 bridgehead atoms. The van der Waals surface area contributed by atoms with E-state index in [2.05, 4.69) is 5.32 Å². The summed E-state index contributed by atoms with van der Waals surface area (Å²) in [5, 5.41) is 23.1. The molecule has 1 rings (SSSR count). The smallest absolute Gasteiger partial charge is 0.308 e. The Balaban J connectivity index is 2.53. The van der Waals surface area contributed by atoms with E-state index < -0.39 is 17.9 Å². The van der Waals surface area contributed by atoms with Crippen molar-refractivity contribution < 1.29 is 19.8 Å². The van der Waals surface area contributed by atoms with E-state index in [0.29, 0.717) is 0 Å². The molecule has 3 N–H and O–H groups in total. The van der Waals surface area contributed by atoms with Gasteiger partial charge in [0.15, 0.2) is 0 Å². The van der Waals surface area contributed by atoms with Gasteiger partial charge in [0, 0.05) is 6.54 Å². The van der Waals surface area contributed by atoms with Crippen LogP contribution in [0.2, 0.25) is 0 Å². The Kier molecular flexibility index (Phi) is 4.30. The van der Waals surface area contributed by atoms with Crippen molar-refractivity contribution >= 4 is 28.3 Å². The fourth-order valence-electron chi connectivity index (χ4n) is 1.23. The van der Waals surface area contributed by atoms with Gasteiger partial charge in [-0.15, -0.1) is 11.3 Å². The van der Waals surface area contributed by atoms with Crippen molar-refractivity contribution in [2.24, 2.45) is 5.92 Å². The van der Waals surface area contributed by atoms with Gasteiger partial charge in [-0.25, -0.2) is 0 Å². The lowest BCUT2D eigenvalue weighted by atomic mass is 10.1. The van der Waals surface area contributed by atoms with Gasteiger partial charge in [0.1, 0.15) is 0 Å². The molecule has 0 saturated heterocycles. The van der Waals surface area contributed by atoms with Gasteiger partial charge in [0.2, 0.25) is 0 Å². The third-order valence-electron chi connectivity index (χ3n) is 2.14. The first-order valence-corrected chi connectivity index (χ1v) is 5.61. The van der Waals surface area contributed by atoms with Crippen LogP contribution in [-0.2, 0) is 9.59 Å². The fraction of sp³-hybridized carbons (Fsp3) is 0.400. The van der Waals surface area contributed by atoms with Crippen LogP contribution >= 0.6 is 11.3 Å². The Bertz CT molecular complexity index is 388. The zero-order valence-electron chi connectivity index (χ0n) is 8.77. The minimum Gasteiger partial charge on any atom is -0.481 e. The van der Waals surface area contributed by atoms with Crippen molar-refractivity contribution in [3.05, 3.63) is 17.0 Å². The summed E-state index contributed by atoms with van der Waals surface area (Å²) in [6, 6.07) is 1.92. The van der Waals surface area contributed by atoms with Gasteiger partial charge >= 0.3 is 11.9 Å². The van der Waals surface area contributed by atoms with Crippen LogP contribution < -0.4 is 5.32 Å². The molecule has 0 aromatic carbocycles. The number of thiophene rings is 1. The number of carbonyl (C=O) groups is 2. The van der Waals surface area contributed by atoms with Gasteiger partial charge in [-0.2, -0.15) is 0 Å². The maximum Gasteiger partial charge on any atom is 0.308 e. The maximum atomic E-state index is 10.8. The molecule has 1 unspecified atom stereocenters. The van der Waals surface area contributed by atoms with E-state index in [9.17, 15) is 9.59 Å². The van der Waals surface area contributed by atoms with Gasteiger partial charge in [0.05, 0.1) is 17.3 Å². The third kappa shape index (κ3) is 3.54. The van der Waals surface area contributed by atoms with E-state index in [0.717, 1.165) is 10.6 Å². The van der Waals surface area contributed by atoms with Gasteiger partial charge in [-0.3, -0.25) is 9.59 Å². The van der Waals surface area contributed by atoms with E-state index in [1.165, 1.54) is 11.3 Å². The van der Waals surface area contributed by atoms with Gasteiger partial charge < -0.3 is 15.5 Å². The van der Waals surface area contributed by atoms with E-state index >= 15 is 0 Å². The first-order valence-electron chi connectivity index (χ1n) is 4.73. The zero-order chi connectivity index (χ0) is 12.1. The summed E-state index contributed by atoms with van der Waals surface area (Å²) in [4.78, 5) is 21.2. The summed E-state index contributed by atoms with van der Waals surface area (Å²) in [6.07, 6.45) is -0.368. The van der Waals surface area contributed by atoms with E-state index in [-0.39, 0.29) is 13.0 Å². The van der Waals surface area contributed by atoms with E-state index in [4.69, 9.17) is 10.2 Å². The van der Waals surface area contributed by atoms with E-state index in [1.54, 1.807) is 0 Å².